The van der Waals surface area contributed by atoms with Crippen molar-refractivity contribution in [1.82, 2.24) is 4.90 Å². The number of carbonyl (C=O) groups is 1. The molecule has 4 rings (SSSR count). The Morgan fingerprint density at radius 2 is 1.75 bits per heavy atom. The number of methoxy groups -OCH3 is 2. The predicted molar refractivity (Wildman–Crippen MR) is 107 cm³/mol. The summed E-state index contributed by atoms with van der Waals surface area (Å²) >= 11 is 0. The number of amides is 1. The Morgan fingerprint density at radius 1 is 1.04 bits per heavy atom. The quantitative estimate of drug-likeness (QED) is 0.815. The van der Waals surface area contributed by atoms with Gasteiger partial charge in [0.15, 0.2) is 0 Å². The number of rotatable bonds is 4. The van der Waals surface area contributed by atoms with Crippen LogP contribution < -0.4 is 9.47 Å². The smallest absolute Gasteiger partial charge is 0.227 e. The Bertz CT molecular complexity index is 841. The van der Waals surface area contributed by atoms with E-state index in [1.807, 2.05) is 41.3 Å². The Morgan fingerprint density at radius 3 is 2.50 bits per heavy atom. The molecule has 0 atom stereocenters. The fourth-order valence-electron chi connectivity index (χ4n) is 4.54. The van der Waals surface area contributed by atoms with Gasteiger partial charge in [-0.05, 0) is 37.0 Å². The number of fused-ring (bicyclic) bond motifs is 2. The monoisotopic (exact) mass is 381 g/mol. The van der Waals surface area contributed by atoms with E-state index in [4.69, 9.17) is 14.2 Å². The molecule has 148 valence electrons. The molecule has 0 N–H and O–H groups in total. The maximum atomic E-state index is 12.9. The normalized spacial score (nSPS) is 17.9. The van der Waals surface area contributed by atoms with Gasteiger partial charge in [-0.2, -0.15) is 0 Å². The van der Waals surface area contributed by atoms with Crippen molar-refractivity contribution >= 4 is 5.91 Å². The van der Waals surface area contributed by atoms with Crippen molar-refractivity contribution in [3.05, 3.63) is 59.2 Å². The van der Waals surface area contributed by atoms with E-state index in [0.717, 1.165) is 42.9 Å². The molecular formula is C23H27NO4. The molecule has 0 bridgehead atoms. The van der Waals surface area contributed by atoms with Gasteiger partial charge >= 0.3 is 0 Å². The van der Waals surface area contributed by atoms with Gasteiger partial charge in [0.25, 0.3) is 0 Å². The molecule has 0 unspecified atom stereocenters. The molecule has 2 aromatic rings. The highest BCUT2D eigenvalue weighted by Gasteiger charge is 2.43. The second-order valence-electron chi connectivity index (χ2n) is 7.46. The van der Waals surface area contributed by atoms with Crippen molar-refractivity contribution < 1.29 is 19.0 Å². The van der Waals surface area contributed by atoms with Crippen molar-refractivity contribution in [3.8, 4) is 11.5 Å². The summed E-state index contributed by atoms with van der Waals surface area (Å²) in [5, 5.41) is 0. The minimum atomic E-state index is -0.346. The van der Waals surface area contributed by atoms with Crippen LogP contribution in [0.2, 0.25) is 0 Å². The lowest BCUT2D eigenvalue weighted by Gasteiger charge is -2.45. The fraction of sp³-hybridized carbons (Fsp3) is 0.435. The van der Waals surface area contributed by atoms with E-state index in [1.165, 1.54) is 11.1 Å². The van der Waals surface area contributed by atoms with E-state index in [-0.39, 0.29) is 11.5 Å². The number of likely N-dealkylation sites (tertiary alicyclic amines) is 1. The minimum Gasteiger partial charge on any atom is -0.496 e. The third-order valence-electron chi connectivity index (χ3n) is 6.00. The van der Waals surface area contributed by atoms with Gasteiger partial charge in [-0.3, -0.25) is 4.79 Å². The first-order chi connectivity index (χ1) is 13.7. The number of carbonyl (C=O) groups excluding carboxylic acids is 1. The second kappa shape index (κ2) is 7.84. The van der Waals surface area contributed by atoms with E-state index in [2.05, 4.69) is 6.07 Å². The molecule has 1 saturated heterocycles. The van der Waals surface area contributed by atoms with Crippen LogP contribution in [0.25, 0.3) is 0 Å². The standard InChI is InChI=1S/C23H27NO4/c1-26-19-8-4-3-6-18(19)16-21(25)24-13-11-23(12-14-24)22-17(10-15-28-23)7-5-9-20(22)27-2/h3-9H,10-16H2,1-2H3. The highest BCUT2D eigenvalue weighted by molar-refractivity contribution is 5.79. The topological polar surface area (TPSA) is 48.0 Å². The lowest BCUT2D eigenvalue weighted by molar-refractivity contribution is -0.140. The molecule has 1 fully saturated rings. The number of hydrogen-bond donors (Lipinski definition) is 0. The number of ether oxygens (including phenoxy) is 3. The zero-order valence-corrected chi connectivity index (χ0v) is 16.6. The molecule has 2 aliphatic heterocycles. The molecule has 0 saturated carbocycles. The fourth-order valence-corrected chi connectivity index (χ4v) is 4.54. The first kappa shape index (κ1) is 18.8. The van der Waals surface area contributed by atoms with E-state index >= 15 is 0 Å². The second-order valence-corrected chi connectivity index (χ2v) is 7.46. The highest BCUT2D eigenvalue weighted by Crippen LogP contribution is 2.45. The molecule has 1 spiro atoms. The van der Waals surface area contributed by atoms with Crippen molar-refractivity contribution in [2.24, 2.45) is 0 Å². The summed E-state index contributed by atoms with van der Waals surface area (Å²) in [6.07, 6.45) is 2.85. The van der Waals surface area contributed by atoms with Gasteiger partial charge < -0.3 is 19.1 Å². The van der Waals surface area contributed by atoms with Gasteiger partial charge in [0.05, 0.1) is 27.2 Å². The number of hydrogen-bond acceptors (Lipinski definition) is 4. The third kappa shape index (κ3) is 3.35. The molecule has 0 aromatic heterocycles. The first-order valence-corrected chi connectivity index (χ1v) is 9.87. The van der Waals surface area contributed by atoms with Crippen molar-refractivity contribution in [1.29, 1.82) is 0 Å². The molecule has 1 amide bonds. The SMILES string of the molecule is COc1ccccc1CC(=O)N1CCC2(CC1)OCCc1cccc(OC)c12. The number of nitrogens with zero attached hydrogens (tertiary/aromatic N) is 1. The average molecular weight is 381 g/mol. The van der Waals surface area contributed by atoms with E-state index in [9.17, 15) is 4.79 Å². The van der Waals surface area contributed by atoms with Crippen LogP contribution in [0, 0.1) is 0 Å². The maximum absolute atomic E-state index is 12.9. The van der Waals surface area contributed by atoms with Crippen LogP contribution >= 0.6 is 0 Å². The van der Waals surface area contributed by atoms with Crippen LogP contribution in [0.5, 0.6) is 11.5 Å². The van der Waals surface area contributed by atoms with Gasteiger partial charge in [-0.1, -0.05) is 30.3 Å². The molecule has 0 aliphatic carbocycles. The zero-order valence-electron chi connectivity index (χ0n) is 16.6. The van der Waals surface area contributed by atoms with E-state index in [0.29, 0.717) is 19.5 Å². The third-order valence-corrected chi connectivity index (χ3v) is 6.00. The molecule has 5 nitrogen and oxygen atoms in total. The maximum Gasteiger partial charge on any atom is 0.227 e. The molecule has 0 radical (unpaired) electrons. The average Bonchev–Trinajstić information content (AvgIpc) is 2.74. The summed E-state index contributed by atoms with van der Waals surface area (Å²) in [7, 11) is 3.35. The Balaban J connectivity index is 1.49. The Hall–Kier alpha value is -2.53. The summed E-state index contributed by atoms with van der Waals surface area (Å²) in [6, 6.07) is 13.9. The van der Waals surface area contributed by atoms with E-state index < -0.39 is 0 Å². The van der Waals surface area contributed by atoms with Crippen LogP contribution in [0.3, 0.4) is 0 Å². The number of piperidine rings is 1. The summed E-state index contributed by atoms with van der Waals surface area (Å²) in [6.45, 7) is 2.09. The molecule has 5 heteroatoms. The van der Waals surface area contributed by atoms with Crippen molar-refractivity contribution in [3.63, 3.8) is 0 Å². The zero-order chi connectivity index (χ0) is 19.6. The van der Waals surface area contributed by atoms with Crippen LogP contribution in [0.4, 0.5) is 0 Å². The molecule has 2 aliphatic rings. The van der Waals surface area contributed by atoms with Crippen molar-refractivity contribution in [2.45, 2.75) is 31.3 Å². The van der Waals surface area contributed by atoms with Gasteiger partial charge in [0.2, 0.25) is 5.91 Å². The lowest BCUT2D eigenvalue weighted by Crippen LogP contribution is -2.48. The molecule has 2 aromatic carbocycles. The number of para-hydroxylation sites is 1. The Kier molecular flexibility index (Phi) is 5.27. The largest absolute Gasteiger partial charge is 0.496 e. The van der Waals surface area contributed by atoms with Gasteiger partial charge in [-0.15, -0.1) is 0 Å². The summed E-state index contributed by atoms with van der Waals surface area (Å²) in [5.41, 5.74) is 3.07. The summed E-state index contributed by atoms with van der Waals surface area (Å²) < 4.78 is 17.3. The molecule has 28 heavy (non-hydrogen) atoms. The van der Waals surface area contributed by atoms with Crippen LogP contribution in [0.15, 0.2) is 42.5 Å². The minimum absolute atomic E-state index is 0.135. The van der Waals surface area contributed by atoms with Gasteiger partial charge in [-0.25, -0.2) is 0 Å². The summed E-state index contributed by atoms with van der Waals surface area (Å²) in [4.78, 5) is 14.8. The highest BCUT2D eigenvalue weighted by atomic mass is 16.5. The van der Waals surface area contributed by atoms with Crippen LogP contribution in [0.1, 0.15) is 29.5 Å². The van der Waals surface area contributed by atoms with Gasteiger partial charge in [0, 0.05) is 24.2 Å². The number of benzene rings is 2. The van der Waals surface area contributed by atoms with E-state index in [1.54, 1.807) is 14.2 Å². The lowest BCUT2D eigenvalue weighted by atomic mass is 9.78. The first-order valence-electron chi connectivity index (χ1n) is 9.87. The van der Waals surface area contributed by atoms with Crippen LogP contribution in [-0.4, -0.2) is 44.7 Å². The Labute approximate surface area is 166 Å². The molecular weight excluding hydrogens is 354 g/mol. The van der Waals surface area contributed by atoms with Gasteiger partial charge in [0.1, 0.15) is 17.1 Å². The van der Waals surface area contributed by atoms with Crippen LogP contribution in [-0.2, 0) is 28.0 Å². The molecule has 2 heterocycles. The van der Waals surface area contributed by atoms with Crippen molar-refractivity contribution in [2.75, 3.05) is 33.9 Å². The summed E-state index contributed by atoms with van der Waals surface area (Å²) in [5.74, 6) is 1.79. The predicted octanol–water partition coefficient (Wildman–Crippen LogP) is 3.34.